The predicted molar refractivity (Wildman–Crippen MR) is 51.1 cm³/mol. The van der Waals surface area contributed by atoms with E-state index in [0.29, 0.717) is 12.8 Å². The Balaban J connectivity index is 2.00. The van der Waals surface area contributed by atoms with Gasteiger partial charge in [0.2, 0.25) is 16.4 Å². The molecule has 2 fully saturated rings. The summed E-state index contributed by atoms with van der Waals surface area (Å²) in [5.74, 6) is -2.24. The van der Waals surface area contributed by atoms with Crippen molar-refractivity contribution in [3.63, 3.8) is 0 Å². The molecule has 0 radical (unpaired) electrons. The SMILES string of the molecule is NC1(C(=O)NS(=O)(=O)C2CC2)C[C@H]1C(F)F. The highest BCUT2D eigenvalue weighted by Gasteiger charge is 2.62. The van der Waals surface area contributed by atoms with Crippen LogP contribution in [0.1, 0.15) is 19.3 Å². The van der Waals surface area contributed by atoms with Gasteiger partial charge in [0.05, 0.1) is 5.25 Å². The summed E-state index contributed by atoms with van der Waals surface area (Å²) in [5.41, 5.74) is 3.69. The Labute approximate surface area is 91.4 Å². The van der Waals surface area contributed by atoms with Gasteiger partial charge in [-0.15, -0.1) is 0 Å². The Hall–Kier alpha value is -0.760. The second kappa shape index (κ2) is 3.36. The van der Waals surface area contributed by atoms with Crippen LogP contribution in [0.5, 0.6) is 0 Å². The van der Waals surface area contributed by atoms with Crippen molar-refractivity contribution in [3.8, 4) is 0 Å². The molecule has 8 heteroatoms. The molecule has 1 unspecified atom stereocenters. The van der Waals surface area contributed by atoms with Crippen LogP contribution in [0.15, 0.2) is 0 Å². The fraction of sp³-hybridized carbons (Fsp3) is 0.875. The molecule has 92 valence electrons. The summed E-state index contributed by atoms with van der Waals surface area (Å²) >= 11 is 0. The zero-order valence-corrected chi connectivity index (χ0v) is 9.14. The number of sulfonamides is 1. The zero-order valence-electron chi connectivity index (χ0n) is 8.32. The van der Waals surface area contributed by atoms with Gasteiger partial charge in [-0.05, 0) is 19.3 Å². The minimum Gasteiger partial charge on any atom is -0.317 e. The van der Waals surface area contributed by atoms with E-state index in [4.69, 9.17) is 5.73 Å². The average Bonchev–Trinajstić information content (AvgIpc) is 2.95. The van der Waals surface area contributed by atoms with Gasteiger partial charge in [-0.25, -0.2) is 17.2 Å². The average molecular weight is 254 g/mol. The molecule has 2 aliphatic rings. The lowest BCUT2D eigenvalue weighted by molar-refractivity contribution is -0.122. The van der Waals surface area contributed by atoms with Crippen LogP contribution in [0.3, 0.4) is 0 Å². The lowest BCUT2D eigenvalue weighted by Crippen LogP contribution is -2.48. The molecule has 0 aromatic carbocycles. The molecule has 0 aromatic rings. The van der Waals surface area contributed by atoms with E-state index in [1.165, 1.54) is 0 Å². The summed E-state index contributed by atoms with van der Waals surface area (Å²) in [5, 5.41) is -0.566. The quantitative estimate of drug-likeness (QED) is 0.713. The standard InChI is InChI=1S/C8H12F2N2O3S/c9-6(10)5-3-8(5,11)7(13)12-16(14,15)4-1-2-4/h4-6H,1-3,11H2,(H,12,13)/t5-,8?/m0/s1. The zero-order chi connectivity index (χ0) is 12.1. The van der Waals surface area contributed by atoms with Crippen molar-refractivity contribution < 1.29 is 22.0 Å². The summed E-state index contributed by atoms with van der Waals surface area (Å²) in [6.07, 6.45) is -1.87. The molecule has 1 amide bonds. The Morgan fingerprint density at radius 2 is 2.00 bits per heavy atom. The minimum atomic E-state index is -3.70. The second-order valence-electron chi connectivity index (χ2n) is 4.36. The fourth-order valence-electron chi connectivity index (χ4n) is 1.57. The van der Waals surface area contributed by atoms with Gasteiger partial charge in [0.15, 0.2) is 0 Å². The molecule has 0 spiro atoms. The van der Waals surface area contributed by atoms with Crippen LogP contribution >= 0.6 is 0 Å². The second-order valence-corrected chi connectivity index (χ2v) is 6.32. The Kier molecular flexibility index (Phi) is 2.46. The lowest BCUT2D eigenvalue weighted by atomic mass is 10.2. The van der Waals surface area contributed by atoms with E-state index in [9.17, 15) is 22.0 Å². The number of carbonyl (C=O) groups is 1. The summed E-state index contributed by atoms with van der Waals surface area (Å²) in [4.78, 5) is 11.4. The molecular formula is C8H12F2N2O3S. The summed E-state index contributed by atoms with van der Waals surface area (Å²) in [7, 11) is -3.70. The van der Waals surface area contributed by atoms with E-state index < -0.39 is 39.1 Å². The summed E-state index contributed by atoms with van der Waals surface area (Å²) in [6, 6.07) is 0. The number of hydrogen-bond donors (Lipinski definition) is 2. The number of alkyl halides is 2. The topological polar surface area (TPSA) is 89.3 Å². The maximum absolute atomic E-state index is 12.3. The van der Waals surface area contributed by atoms with Crippen molar-refractivity contribution in [2.75, 3.05) is 0 Å². The van der Waals surface area contributed by atoms with Gasteiger partial charge in [0.25, 0.3) is 5.91 Å². The molecule has 0 heterocycles. The van der Waals surface area contributed by atoms with E-state index in [1.54, 1.807) is 4.72 Å². The first-order valence-corrected chi connectivity index (χ1v) is 6.45. The lowest BCUT2D eigenvalue weighted by Gasteiger charge is -2.12. The number of nitrogens with two attached hydrogens (primary N) is 1. The number of hydrogen-bond acceptors (Lipinski definition) is 4. The van der Waals surface area contributed by atoms with Crippen LogP contribution in [0.4, 0.5) is 8.78 Å². The molecule has 0 saturated heterocycles. The smallest absolute Gasteiger partial charge is 0.254 e. The molecular weight excluding hydrogens is 242 g/mol. The number of nitrogens with one attached hydrogen (secondary N) is 1. The third kappa shape index (κ3) is 1.91. The van der Waals surface area contributed by atoms with Crippen molar-refractivity contribution in [2.45, 2.75) is 36.5 Å². The van der Waals surface area contributed by atoms with Crippen LogP contribution in [-0.2, 0) is 14.8 Å². The number of halogens is 2. The number of rotatable bonds is 4. The van der Waals surface area contributed by atoms with Gasteiger partial charge in [-0.1, -0.05) is 0 Å². The summed E-state index contributed by atoms with van der Waals surface area (Å²) < 4.78 is 49.1. The highest BCUT2D eigenvalue weighted by molar-refractivity contribution is 7.90. The van der Waals surface area contributed by atoms with Crippen LogP contribution in [0.2, 0.25) is 0 Å². The largest absolute Gasteiger partial charge is 0.317 e. The number of amides is 1. The first kappa shape index (κ1) is 11.7. The normalized spacial score (nSPS) is 33.9. The first-order chi connectivity index (χ1) is 7.27. The predicted octanol–water partition coefficient (Wildman–Crippen LogP) is -0.423. The molecule has 5 nitrogen and oxygen atoms in total. The maximum Gasteiger partial charge on any atom is 0.254 e. The Morgan fingerprint density at radius 1 is 1.44 bits per heavy atom. The first-order valence-electron chi connectivity index (χ1n) is 4.90. The molecule has 2 atom stereocenters. The van der Waals surface area contributed by atoms with Gasteiger partial charge in [-0.3, -0.25) is 9.52 Å². The Bertz CT molecular complexity index is 421. The van der Waals surface area contributed by atoms with E-state index in [0.717, 1.165) is 0 Å². The van der Waals surface area contributed by atoms with Crippen molar-refractivity contribution in [1.82, 2.24) is 4.72 Å². The molecule has 0 bridgehead atoms. The molecule has 16 heavy (non-hydrogen) atoms. The van der Waals surface area contributed by atoms with Gasteiger partial charge in [0.1, 0.15) is 5.54 Å². The molecule has 0 aromatic heterocycles. The van der Waals surface area contributed by atoms with E-state index >= 15 is 0 Å². The van der Waals surface area contributed by atoms with Gasteiger partial charge in [-0.2, -0.15) is 0 Å². The molecule has 2 aliphatic carbocycles. The van der Waals surface area contributed by atoms with Crippen molar-refractivity contribution in [3.05, 3.63) is 0 Å². The van der Waals surface area contributed by atoms with Crippen molar-refractivity contribution in [1.29, 1.82) is 0 Å². The molecule has 2 rings (SSSR count). The minimum absolute atomic E-state index is 0.170. The van der Waals surface area contributed by atoms with Crippen LogP contribution in [-0.4, -0.2) is 31.5 Å². The highest BCUT2D eigenvalue weighted by Crippen LogP contribution is 2.45. The van der Waals surface area contributed by atoms with Gasteiger partial charge < -0.3 is 5.73 Å². The van der Waals surface area contributed by atoms with Crippen molar-refractivity contribution in [2.24, 2.45) is 11.7 Å². The Morgan fingerprint density at radius 3 is 2.38 bits per heavy atom. The number of carbonyl (C=O) groups excluding carboxylic acids is 1. The van der Waals surface area contributed by atoms with Gasteiger partial charge >= 0.3 is 0 Å². The van der Waals surface area contributed by atoms with Crippen molar-refractivity contribution >= 4 is 15.9 Å². The molecule has 0 aliphatic heterocycles. The van der Waals surface area contributed by atoms with Crippen LogP contribution in [0.25, 0.3) is 0 Å². The van der Waals surface area contributed by atoms with Gasteiger partial charge in [0, 0.05) is 5.92 Å². The highest BCUT2D eigenvalue weighted by atomic mass is 32.2. The fourth-order valence-corrected chi connectivity index (χ4v) is 2.94. The third-order valence-corrected chi connectivity index (χ3v) is 4.80. The van der Waals surface area contributed by atoms with Crippen LogP contribution < -0.4 is 10.5 Å². The third-order valence-electron chi connectivity index (χ3n) is 2.98. The maximum atomic E-state index is 12.3. The van der Waals surface area contributed by atoms with E-state index in [-0.39, 0.29) is 6.42 Å². The monoisotopic (exact) mass is 254 g/mol. The summed E-state index contributed by atoms with van der Waals surface area (Å²) in [6.45, 7) is 0. The molecule has 2 saturated carbocycles. The van der Waals surface area contributed by atoms with Crippen LogP contribution in [0, 0.1) is 5.92 Å². The van der Waals surface area contributed by atoms with E-state index in [2.05, 4.69) is 0 Å². The van der Waals surface area contributed by atoms with E-state index in [1.807, 2.05) is 0 Å². The molecule has 3 N–H and O–H groups in total.